The molecule has 0 bridgehead atoms. The Morgan fingerprint density at radius 2 is 1.88 bits per heavy atom. The molecule has 1 aliphatic rings. The molecule has 0 N–H and O–H groups in total. The molecule has 1 aromatic rings. The number of halogens is 2. The van der Waals surface area contributed by atoms with Crippen LogP contribution in [0.3, 0.4) is 0 Å². The minimum absolute atomic E-state index is 0.0939. The average Bonchev–Trinajstić information content (AvgIpc) is 2.28. The fourth-order valence-corrected chi connectivity index (χ4v) is 3.99. The summed E-state index contributed by atoms with van der Waals surface area (Å²) in [6, 6.07) is 8.52. The lowest BCUT2D eigenvalue weighted by Gasteiger charge is -2.31. The predicted molar refractivity (Wildman–Crippen MR) is 60.0 cm³/mol. The molecule has 1 atom stereocenters. The second-order valence-corrected chi connectivity index (χ2v) is 6.04. The third-order valence-electron chi connectivity index (χ3n) is 2.92. The van der Waals surface area contributed by atoms with Gasteiger partial charge in [0.1, 0.15) is 5.25 Å². The molecule has 0 radical (unpaired) electrons. The van der Waals surface area contributed by atoms with Crippen LogP contribution in [0.1, 0.15) is 23.7 Å². The van der Waals surface area contributed by atoms with Crippen LogP contribution in [0.4, 0.5) is 8.78 Å². The summed E-state index contributed by atoms with van der Waals surface area (Å²) in [6.45, 7) is -3.05. The highest BCUT2D eigenvalue weighted by Crippen LogP contribution is 2.35. The van der Waals surface area contributed by atoms with E-state index in [1.807, 2.05) is 0 Å². The van der Waals surface area contributed by atoms with Gasteiger partial charge in [0.25, 0.3) is 0 Å². The number of alkyl halides is 2. The molecule has 17 heavy (non-hydrogen) atoms. The van der Waals surface area contributed by atoms with E-state index >= 15 is 0 Å². The van der Waals surface area contributed by atoms with Gasteiger partial charge in [-0.05, 0) is 18.4 Å². The molecule has 1 aromatic carbocycles. The monoisotopic (exact) mass is 261 g/mol. The van der Waals surface area contributed by atoms with Crippen molar-refractivity contribution in [1.29, 1.82) is 0 Å². The number of nitrogens with zero attached hydrogens (tertiary/aromatic N) is 1. The van der Waals surface area contributed by atoms with Crippen molar-refractivity contribution < 1.29 is 17.2 Å². The van der Waals surface area contributed by atoms with E-state index in [9.17, 15) is 17.2 Å². The van der Waals surface area contributed by atoms with Gasteiger partial charge in [-0.3, -0.25) is 0 Å². The maximum absolute atomic E-state index is 12.7. The molecule has 3 nitrogen and oxygen atoms in total. The highest BCUT2D eigenvalue weighted by Gasteiger charge is 2.40. The molecule has 1 saturated heterocycles. The Morgan fingerprint density at radius 1 is 1.24 bits per heavy atom. The number of hydrogen-bond donors (Lipinski definition) is 0. The Labute approximate surface area is 99.1 Å². The van der Waals surface area contributed by atoms with Gasteiger partial charge in [-0.1, -0.05) is 30.3 Å². The van der Waals surface area contributed by atoms with Gasteiger partial charge in [-0.15, -0.1) is 4.31 Å². The fourth-order valence-electron chi connectivity index (χ4n) is 2.09. The van der Waals surface area contributed by atoms with Crippen LogP contribution in [-0.4, -0.2) is 25.8 Å². The van der Waals surface area contributed by atoms with Gasteiger partial charge in [-0.2, -0.15) is 8.78 Å². The van der Waals surface area contributed by atoms with E-state index in [0.29, 0.717) is 22.7 Å². The normalized spacial score (nSPS) is 25.0. The molecule has 0 amide bonds. The Hall–Kier alpha value is -1.01. The molecule has 1 heterocycles. The van der Waals surface area contributed by atoms with E-state index < -0.39 is 21.8 Å². The van der Waals surface area contributed by atoms with Gasteiger partial charge in [0.15, 0.2) is 0 Å². The average molecular weight is 261 g/mol. The van der Waals surface area contributed by atoms with Gasteiger partial charge in [0.2, 0.25) is 10.0 Å². The summed E-state index contributed by atoms with van der Waals surface area (Å²) < 4.78 is 49.6. The van der Waals surface area contributed by atoms with E-state index in [1.54, 1.807) is 30.3 Å². The molecule has 1 fully saturated rings. The molecule has 0 saturated carbocycles. The smallest absolute Gasteiger partial charge is 0.211 e. The van der Waals surface area contributed by atoms with Crippen molar-refractivity contribution in [3.8, 4) is 0 Å². The molecule has 94 valence electrons. The highest BCUT2D eigenvalue weighted by atomic mass is 32.2. The summed E-state index contributed by atoms with van der Waals surface area (Å²) in [4.78, 5) is 0. The highest BCUT2D eigenvalue weighted by molar-refractivity contribution is 7.89. The van der Waals surface area contributed by atoms with Crippen molar-refractivity contribution in [2.24, 2.45) is 0 Å². The number of sulfonamides is 1. The minimum Gasteiger partial charge on any atom is -0.211 e. The van der Waals surface area contributed by atoms with Gasteiger partial charge in [-0.25, -0.2) is 8.42 Å². The van der Waals surface area contributed by atoms with Crippen LogP contribution >= 0.6 is 0 Å². The van der Waals surface area contributed by atoms with Crippen LogP contribution in [-0.2, 0) is 10.0 Å². The van der Waals surface area contributed by atoms with Crippen molar-refractivity contribution in [1.82, 2.24) is 4.31 Å². The van der Waals surface area contributed by atoms with Crippen LogP contribution in [0.15, 0.2) is 30.3 Å². The number of rotatable bonds is 2. The largest absolute Gasteiger partial charge is 0.307 e. The minimum atomic E-state index is -3.93. The van der Waals surface area contributed by atoms with Crippen molar-refractivity contribution >= 4 is 10.0 Å². The number of hydrogen-bond acceptors (Lipinski definition) is 2. The zero-order valence-electron chi connectivity index (χ0n) is 9.09. The lowest BCUT2D eigenvalue weighted by Crippen LogP contribution is -2.42. The third kappa shape index (κ3) is 2.32. The van der Waals surface area contributed by atoms with Crippen molar-refractivity contribution in [2.75, 3.05) is 6.54 Å². The summed E-state index contributed by atoms with van der Waals surface area (Å²) in [5.74, 6) is 0. The first-order valence-corrected chi connectivity index (χ1v) is 6.87. The second-order valence-electron chi connectivity index (χ2n) is 3.97. The molecule has 2 rings (SSSR count). The third-order valence-corrected chi connectivity index (χ3v) is 5.14. The van der Waals surface area contributed by atoms with Gasteiger partial charge in [0, 0.05) is 6.54 Å². The summed E-state index contributed by atoms with van der Waals surface area (Å²) in [6.07, 6.45) is 0.860. The summed E-state index contributed by atoms with van der Waals surface area (Å²) in [5.41, 5.74) is 0.581. The van der Waals surface area contributed by atoms with Crippen LogP contribution in [0.5, 0.6) is 0 Å². The van der Waals surface area contributed by atoms with E-state index in [1.165, 1.54) is 0 Å². The molecule has 0 spiro atoms. The lowest BCUT2D eigenvalue weighted by molar-refractivity contribution is 0.0261. The van der Waals surface area contributed by atoms with Crippen molar-refractivity contribution in [2.45, 2.75) is 24.6 Å². The van der Waals surface area contributed by atoms with Crippen LogP contribution in [0, 0.1) is 0 Å². The Bertz CT molecular complexity index is 476. The van der Waals surface area contributed by atoms with Crippen molar-refractivity contribution in [3.63, 3.8) is 0 Å². The maximum Gasteiger partial charge on any atom is 0.307 e. The zero-order chi connectivity index (χ0) is 12.5. The SMILES string of the molecule is O=S1(=O)C(c2ccccc2)CCCN1C(F)F. The van der Waals surface area contributed by atoms with Gasteiger partial charge >= 0.3 is 6.55 Å². The summed E-state index contributed by atoms with van der Waals surface area (Å²) in [5, 5.41) is -0.841. The fraction of sp³-hybridized carbons (Fsp3) is 0.455. The van der Waals surface area contributed by atoms with Gasteiger partial charge in [0.05, 0.1) is 0 Å². The zero-order valence-corrected chi connectivity index (χ0v) is 9.91. The lowest BCUT2D eigenvalue weighted by atomic mass is 10.1. The number of benzene rings is 1. The van der Waals surface area contributed by atoms with Crippen molar-refractivity contribution in [3.05, 3.63) is 35.9 Å². The first-order chi connectivity index (χ1) is 8.03. The molecule has 0 aliphatic carbocycles. The molecule has 1 unspecified atom stereocenters. The summed E-state index contributed by atoms with van der Waals surface area (Å²) >= 11 is 0. The van der Waals surface area contributed by atoms with E-state index in [2.05, 4.69) is 0 Å². The standard InChI is InChI=1S/C11H13F2NO2S/c12-11(13)14-8-4-7-10(17(14,15)16)9-5-2-1-3-6-9/h1-3,5-6,10-11H,4,7-8H2. The quantitative estimate of drug-likeness (QED) is 0.766. The van der Waals surface area contributed by atoms with Crippen LogP contribution < -0.4 is 0 Å². The Morgan fingerprint density at radius 3 is 2.47 bits per heavy atom. The maximum atomic E-state index is 12.7. The predicted octanol–water partition coefficient (Wildman–Crippen LogP) is 2.38. The van der Waals surface area contributed by atoms with Crippen LogP contribution in [0.2, 0.25) is 0 Å². The Kier molecular flexibility index (Phi) is 3.44. The van der Waals surface area contributed by atoms with Crippen LogP contribution in [0.25, 0.3) is 0 Å². The first kappa shape index (κ1) is 12.4. The molecule has 0 aromatic heterocycles. The molecule has 1 aliphatic heterocycles. The second kappa shape index (κ2) is 4.70. The molecular weight excluding hydrogens is 248 g/mol. The van der Waals surface area contributed by atoms with Gasteiger partial charge < -0.3 is 0 Å². The first-order valence-electron chi connectivity index (χ1n) is 5.37. The summed E-state index contributed by atoms with van der Waals surface area (Å²) in [7, 11) is -3.93. The van der Waals surface area contributed by atoms with E-state index in [-0.39, 0.29) is 6.54 Å². The van der Waals surface area contributed by atoms with E-state index in [0.717, 1.165) is 0 Å². The topological polar surface area (TPSA) is 37.4 Å². The Balaban J connectivity index is 2.36. The van der Waals surface area contributed by atoms with E-state index in [4.69, 9.17) is 0 Å². The molecule has 6 heteroatoms. The molecular formula is C11H13F2NO2S.